The van der Waals surface area contributed by atoms with E-state index in [1.807, 2.05) is 48.4 Å². The number of ether oxygens (including phenoxy) is 2. The number of carbonyl (C=O) groups is 1. The van der Waals surface area contributed by atoms with Gasteiger partial charge in [0, 0.05) is 31.6 Å². The molecule has 6 heteroatoms. The van der Waals surface area contributed by atoms with Crippen molar-refractivity contribution in [1.29, 1.82) is 0 Å². The molecule has 3 heterocycles. The van der Waals surface area contributed by atoms with Gasteiger partial charge in [-0.1, -0.05) is 6.92 Å². The molecule has 1 unspecified atom stereocenters. The van der Waals surface area contributed by atoms with Crippen molar-refractivity contribution in [2.24, 2.45) is 0 Å². The second kappa shape index (κ2) is 7.23. The van der Waals surface area contributed by atoms with Crippen LogP contribution in [0.4, 0.5) is 11.4 Å². The van der Waals surface area contributed by atoms with Crippen LogP contribution in [0, 0.1) is 0 Å². The van der Waals surface area contributed by atoms with E-state index >= 15 is 0 Å². The first-order valence-corrected chi connectivity index (χ1v) is 9.13. The van der Waals surface area contributed by atoms with E-state index in [2.05, 4.69) is 9.88 Å². The Morgan fingerprint density at radius 2 is 2.27 bits per heavy atom. The summed E-state index contributed by atoms with van der Waals surface area (Å²) in [5, 5.41) is 0. The summed E-state index contributed by atoms with van der Waals surface area (Å²) in [7, 11) is 0. The molecule has 136 valence electrons. The third kappa shape index (κ3) is 3.31. The SMILES string of the molecule is CCC(=O)N1CCC(Oc2ccc3c(c2)N(c2cccnc2)CCO3)C1. The third-order valence-corrected chi connectivity index (χ3v) is 4.85. The Hall–Kier alpha value is -2.76. The molecule has 6 nitrogen and oxygen atoms in total. The third-order valence-electron chi connectivity index (χ3n) is 4.85. The van der Waals surface area contributed by atoms with Gasteiger partial charge in [0.25, 0.3) is 0 Å². The number of nitrogens with zero attached hydrogens (tertiary/aromatic N) is 3. The van der Waals surface area contributed by atoms with Gasteiger partial charge in [0.2, 0.25) is 5.91 Å². The van der Waals surface area contributed by atoms with Gasteiger partial charge >= 0.3 is 0 Å². The highest BCUT2D eigenvalue weighted by Gasteiger charge is 2.27. The molecule has 0 N–H and O–H groups in total. The zero-order chi connectivity index (χ0) is 17.9. The first-order valence-electron chi connectivity index (χ1n) is 9.13. The molecule has 0 aliphatic carbocycles. The van der Waals surface area contributed by atoms with Crippen LogP contribution in [0.15, 0.2) is 42.7 Å². The average Bonchev–Trinajstić information content (AvgIpc) is 3.16. The van der Waals surface area contributed by atoms with Gasteiger partial charge in [-0.15, -0.1) is 0 Å². The molecule has 2 aliphatic heterocycles. The number of aromatic nitrogens is 1. The van der Waals surface area contributed by atoms with Crippen molar-refractivity contribution >= 4 is 17.3 Å². The van der Waals surface area contributed by atoms with Gasteiger partial charge < -0.3 is 19.3 Å². The number of fused-ring (bicyclic) bond motifs is 1. The van der Waals surface area contributed by atoms with Gasteiger partial charge in [0.15, 0.2) is 0 Å². The van der Waals surface area contributed by atoms with E-state index < -0.39 is 0 Å². The molecule has 1 atom stereocenters. The number of anilines is 2. The van der Waals surface area contributed by atoms with Crippen LogP contribution in [-0.4, -0.2) is 48.1 Å². The number of hydrogen-bond donors (Lipinski definition) is 0. The van der Waals surface area contributed by atoms with Crippen LogP contribution in [0.2, 0.25) is 0 Å². The molecule has 1 fully saturated rings. The molecule has 1 amide bonds. The van der Waals surface area contributed by atoms with Gasteiger partial charge in [-0.25, -0.2) is 0 Å². The number of amides is 1. The maximum absolute atomic E-state index is 11.8. The second-order valence-corrected chi connectivity index (χ2v) is 6.56. The molecular formula is C20H23N3O3. The van der Waals surface area contributed by atoms with E-state index in [-0.39, 0.29) is 12.0 Å². The van der Waals surface area contributed by atoms with E-state index in [4.69, 9.17) is 9.47 Å². The average molecular weight is 353 g/mol. The zero-order valence-electron chi connectivity index (χ0n) is 14.9. The van der Waals surface area contributed by atoms with Gasteiger partial charge in [0.1, 0.15) is 24.2 Å². The Labute approximate surface area is 153 Å². The lowest BCUT2D eigenvalue weighted by Crippen LogP contribution is -2.30. The fraction of sp³-hybridized carbons (Fsp3) is 0.400. The molecule has 0 bridgehead atoms. The van der Waals surface area contributed by atoms with Crippen LogP contribution in [0.5, 0.6) is 11.5 Å². The summed E-state index contributed by atoms with van der Waals surface area (Å²) >= 11 is 0. The van der Waals surface area contributed by atoms with Crippen molar-refractivity contribution in [3.05, 3.63) is 42.7 Å². The number of benzene rings is 1. The lowest BCUT2D eigenvalue weighted by molar-refractivity contribution is -0.130. The number of rotatable bonds is 4. The van der Waals surface area contributed by atoms with Gasteiger partial charge in [-0.2, -0.15) is 0 Å². The molecule has 1 saturated heterocycles. The molecule has 2 aliphatic rings. The van der Waals surface area contributed by atoms with Crippen molar-refractivity contribution in [2.45, 2.75) is 25.9 Å². The van der Waals surface area contributed by atoms with E-state index in [1.54, 1.807) is 6.20 Å². The molecule has 0 spiro atoms. The van der Waals surface area contributed by atoms with Gasteiger partial charge in [-0.3, -0.25) is 9.78 Å². The summed E-state index contributed by atoms with van der Waals surface area (Å²) in [5.41, 5.74) is 2.02. The lowest BCUT2D eigenvalue weighted by Gasteiger charge is -2.31. The predicted molar refractivity (Wildman–Crippen MR) is 99.1 cm³/mol. The first-order chi connectivity index (χ1) is 12.7. The highest BCUT2D eigenvalue weighted by atomic mass is 16.5. The minimum atomic E-state index is 0.0416. The molecular weight excluding hydrogens is 330 g/mol. The minimum absolute atomic E-state index is 0.0416. The molecule has 26 heavy (non-hydrogen) atoms. The maximum Gasteiger partial charge on any atom is 0.222 e. The molecule has 4 rings (SSSR count). The fourth-order valence-electron chi connectivity index (χ4n) is 3.52. The largest absolute Gasteiger partial charge is 0.490 e. The van der Waals surface area contributed by atoms with Crippen LogP contribution < -0.4 is 14.4 Å². The van der Waals surface area contributed by atoms with Gasteiger partial charge in [-0.05, 0) is 24.3 Å². The predicted octanol–water partition coefficient (Wildman–Crippen LogP) is 3.00. The molecule has 2 aromatic rings. The summed E-state index contributed by atoms with van der Waals surface area (Å²) < 4.78 is 12.0. The smallest absolute Gasteiger partial charge is 0.222 e. The Kier molecular flexibility index (Phi) is 4.65. The van der Waals surface area contributed by atoms with Crippen LogP contribution in [0.1, 0.15) is 19.8 Å². The second-order valence-electron chi connectivity index (χ2n) is 6.56. The highest BCUT2D eigenvalue weighted by molar-refractivity contribution is 5.76. The Balaban J connectivity index is 1.52. The molecule has 1 aromatic heterocycles. The van der Waals surface area contributed by atoms with E-state index in [0.717, 1.165) is 42.4 Å². The zero-order valence-corrected chi connectivity index (χ0v) is 14.9. The van der Waals surface area contributed by atoms with E-state index in [0.29, 0.717) is 19.6 Å². The summed E-state index contributed by atoms with van der Waals surface area (Å²) in [4.78, 5) is 20.1. The minimum Gasteiger partial charge on any atom is -0.490 e. The standard InChI is InChI=1S/C20H23N3O3/c1-2-20(24)22-9-7-17(14-22)26-16-5-6-19-18(12-16)23(10-11-25-19)15-4-3-8-21-13-15/h3-6,8,12-13,17H,2,7,9-11,14H2,1H3. The number of carbonyl (C=O) groups excluding carboxylic acids is 1. The number of pyridine rings is 1. The quantitative estimate of drug-likeness (QED) is 0.846. The monoisotopic (exact) mass is 353 g/mol. The van der Waals surface area contributed by atoms with Crippen molar-refractivity contribution in [1.82, 2.24) is 9.88 Å². The van der Waals surface area contributed by atoms with Crippen LogP contribution >= 0.6 is 0 Å². The van der Waals surface area contributed by atoms with Crippen molar-refractivity contribution in [3.63, 3.8) is 0 Å². The van der Waals surface area contributed by atoms with Crippen LogP contribution in [0.3, 0.4) is 0 Å². The molecule has 0 radical (unpaired) electrons. The van der Waals surface area contributed by atoms with Gasteiger partial charge in [0.05, 0.1) is 30.7 Å². The summed E-state index contributed by atoms with van der Waals surface area (Å²) in [6.07, 6.45) is 5.08. The van der Waals surface area contributed by atoms with Crippen LogP contribution in [-0.2, 0) is 4.79 Å². The summed E-state index contributed by atoms with van der Waals surface area (Å²) in [6, 6.07) is 9.89. The summed E-state index contributed by atoms with van der Waals surface area (Å²) in [5.74, 6) is 1.85. The molecule has 1 aromatic carbocycles. The van der Waals surface area contributed by atoms with Crippen molar-refractivity contribution < 1.29 is 14.3 Å². The van der Waals surface area contributed by atoms with E-state index in [9.17, 15) is 4.79 Å². The molecule has 0 saturated carbocycles. The Morgan fingerprint density at radius 3 is 3.08 bits per heavy atom. The normalized spacial score (nSPS) is 19.0. The number of likely N-dealkylation sites (tertiary alicyclic amines) is 1. The van der Waals surface area contributed by atoms with E-state index in [1.165, 1.54) is 0 Å². The van der Waals surface area contributed by atoms with Crippen molar-refractivity contribution in [3.8, 4) is 11.5 Å². The Bertz CT molecular complexity index is 781. The first kappa shape index (κ1) is 16.7. The summed E-state index contributed by atoms with van der Waals surface area (Å²) in [6.45, 7) is 4.73. The van der Waals surface area contributed by atoms with Crippen molar-refractivity contribution in [2.75, 3.05) is 31.1 Å². The number of hydrogen-bond acceptors (Lipinski definition) is 5. The topological polar surface area (TPSA) is 54.9 Å². The van der Waals surface area contributed by atoms with Crippen LogP contribution in [0.25, 0.3) is 0 Å². The lowest BCUT2D eigenvalue weighted by atomic mass is 10.2. The Morgan fingerprint density at radius 1 is 1.35 bits per heavy atom. The maximum atomic E-state index is 11.8. The fourth-order valence-corrected chi connectivity index (χ4v) is 3.52. The highest BCUT2D eigenvalue weighted by Crippen LogP contribution is 2.39.